The average Bonchev–Trinajstić information content (AvgIpc) is 3.56. The van der Waals surface area contributed by atoms with Crippen LogP contribution in [0.4, 0.5) is 5.69 Å². The summed E-state index contributed by atoms with van der Waals surface area (Å²) in [6, 6.07) is 33.3. The normalized spacial score (nSPS) is 20.1. The Morgan fingerprint density at radius 1 is 0.865 bits per heavy atom. The van der Waals surface area contributed by atoms with Crippen molar-refractivity contribution in [2.24, 2.45) is 5.92 Å². The minimum absolute atomic E-state index is 0.283. The van der Waals surface area contributed by atoms with Crippen LogP contribution in [0.15, 0.2) is 103 Å². The number of nitrogens with one attached hydrogen (secondary N) is 1. The highest BCUT2D eigenvalue weighted by Crippen LogP contribution is 2.51. The third-order valence-electron chi connectivity index (χ3n) is 8.31. The van der Waals surface area contributed by atoms with Gasteiger partial charge in [-0.05, 0) is 72.4 Å². The van der Waals surface area contributed by atoms with Crippen molar-refractivity contribution in [2.75, 3.05) is 11.9 Å². The molecule has 2 heterocycles. The van der Waals surface area contributed by atoms with E-state index in [2.05, 4.69) is 120 Å². The van der Waals surface area contributed by atoms with Crippen molar-refractivity contribution in [1.82, 2.24) is 4.57 Å². The van der Waals surface area contributed by atoms with Gasteiger partial charge in [-0.1, -0.05) is 66.7 Å². The molecule has 3 nitrogen and oxygen atoms in total. The molecule has 5 aromatic rings. The minimum atomic E-state index is 0.283. The zero-order valence-corrected chi connectivity index (χ0v) is 21.2. The van der Waals surface area contributed by atoms with Gasteiger partial charge in [0.1, 0.15) is 5.75 Å². The van der Waals surface area contributed by atoms with Gasteiger partial charge in [-0.25, -0.2) is 0 Å². The zero-order chi connectivity index (χ0) is 24.8. The Kier molecular flexibility index (Phi) is 5.50. The highest BCUT2D eigenvalue weighted by Gasteiger charge is 2.38. The van der Waals surface area contributed by atoms with E-state index in [4.69, 9.17) is 4.74 Å². The summed E-state index contributed by atoms with van der Waals surface area (Å²) in [6.07, 6.45) is 6.78. The fourth-order valence-corrected chi connectivity index (χ4v) is 6.53. The predicted molar refractivity (Wildman–Crippen MR) is 154 cm³/mol. The number of aryl methyl sites for hydroxylation is 1. The second kappa shape index (κ2) is 9.15. The van der Waals surface area contributed by atoms with Crippen LogP contribution in [0.25, 0.3) is 21.8 Å². The van der Waals surface area contributed by atoms with Gasteiger partial charge in [0, 0.05) is 46.4 Å². The molecule has 1 aliphatic heterocycles. The fourth-order valence-electron chi connectivity index (χ4n) is 6.53. The maximum Gasteiger partial charge on any atom is 0.119 e. The highest BCUT2D eigenvalue weighted by molar-refractivity contribution is 6.08. The minimum Gasteiger partial charge on any atom is -0.493 e. The van der Waals surface area contributed by atoms with Crippen molar-refractivity contribution in [3.05, 3.63) is 120 Å². The summed E-state index contributed by atoms with van der Waals surface area (Å²) in [4.78, 5) is 0. The lowest BCUT2D eigenvalue weighted by molar-refractivity contribution is 0.320. The Balaban J connectivity index is 1.19. The molecular formula is C34H32N2O. The van der Waals surface area contributed by atoms with E-state index in [1.807, 2.05) is 0 Å². The van der Waals surface area contributed by atoms with E-state index in [1.165, 1.54) is 44.2 Å². The van der Waals surface area contributed by atoms with Crippen LogP contribution < -0.4 is 10.1 Å². The van der Waals surface area contributed by atoms with Gasteiger partial charge >= 0.3 is 0 Å². The quantitative estimate of drug-likeness (QED) is 0.246. The van der Waals surface area contributed by atoms with Gasteiger partial charge in [-0.2, -0.15) is 0 Å². The number of anilines is 1. The number of hydrogen-bond donors (Lipinski definition) is 1. The number of rotatable bonds is 6. The van der Waals surface area contributed by atoms with Gasteiger partial charge in [0.2, 0.25) is 0 Å². The van der Waals surface area contributed by atoms with Crippen molar-refractivity contribution in [3.8, 4) is 5.75 Å². The molecule has 1 aromatic heterocycles. The van der Waals surface area contributed by atoms with Crippen molar-refractivity contribution >= 4 is 27.5 Å². The molecular weight excluding hydrogens is 452 g/mol. The number of fused-ring (bicyclic) bond motifs is 6. The monoisotopic (exact) mass is 484 g/mol. The summed E-state index contributed by atoms with van der Waals surface area (Å²) in [5.74, 6) is 1.87. The first kappa shape index (κ1) is 22.2. The van der Waals surface area contributed by atoms with Gasteiger partial charge in [-0.15, -0.1) is 0 Å². The van der Waals surface area contributed by atoms with Gasteiger partial charge in [-0.3, -0.25) is 0 Å². The van der Waals surface area contributed by atoms with Crippen molar-refractivity contribution in [1.29, 1.82) is 0 Å². The highest BCUT2D eigenvalue weighted by atomic mass is 16.5. The first-order chi connectivity index (χ1) is 18.3. The lowest BCUT2D eigenvalue weighted by Crippen LogP contribution is -2.29. The maximum atomic E-state index is 6.18. The van der Waals surface area contributed by atoms with Crippen LogP contribution in [-0.2, 0) is 13.0 Å². The van der Waals surface area contributed by atoms with Gasteiger partial charge < -0.3 is 14.6 Å². The van der Waals surface area contributed by atoms with E-state index in [9.17, 15) is 0 Å². The molecule has 0 spiro atoms. The van der Waals surface area contributed by atoms with E-state index < -0.39 is 0 Å². The van der Waals surface area contributed by atoms with Crippen LogP contribution in [0.5, 0.6) is 5.75 Å². The van der Waals surface area contributed by atoms with E-state index in [1.54, 1.807) is 0 Å². The Morgan fingerprint density at radius 3 is 2.59 bits per heavy atom. The number of allylic oxidation sites excluding steroid dienone is 2. The van der Waals surface area contributed by atoms with Crippen LogP contribution in [0.1, 0.15) is 42.0 Å². The predicted octanol–water partition coefficient (Wildman–Crippen LogP) is 8.26. The number of benzene rings is 4. The number of ether oxygens (including phenoxy) is 1. The van der Waals surface area contributed by atoms with Crippen LogP contribution in [-0.4, -0.2) is 11.2 Å². The third-order valence-corrected chi connectivity index (χ3v) is 8.31. The largest absolute Gasteiger partial charge is 0.493 e. The number of nitrogens with zero attached hydrogens (tertiary/aromatic N) is 1. The summed E-state index contributed by atoms with van der Waals surface area (Å²) in [6.45, 7) is 3.89. The molecule has 2 aliphatic rings. The molecule has 3 atom stereocenters. The molecule has 0 saturated carbocycles. The lowest BCUT2D eigenvalue weighted by Gasteiger charge is -2.37. The molecule has 4 aromatic carbocycles. The molecule has 0 bridgehead atoms. The number of aromatic nitrogens is 1. The van der Waals surface area contributed by atoms with Crippen molar-refractivity contribution < 1.29 is 4.74 Å². The molecule has 3 heteroatoms. The standard InChI is InChI=1S/C34H32N2O/c1-2-36-32-14-7-6-11-27(32)30-21-24(15-18-33(30)36)34-28-13-8-12-26(28)29-22-25(16-17-31(29)35-34)37-20-19-23-9-4-3-5-10-23/h3-12,14-18,21-22,26,28,34-35H,2,13,19-20H2,1H3. The Bertz CT molecular complexity index is 1610. The van der Waals surface area contributed by atoms with Gasteiger partial charge in [0.15, 0.2) is 0 Å². The number of hydrogen-bond acceptors (Lipinski definition) is 2. The van der Waals surface area contributed by atoms with Crippen LogP contribution in [0.3, 0.4) is 0 Å². The fraction of sp³-hybridized carbons (Fsp3) is 0.235. The molecule has 37 heavy (non-hydrogen) atoms. The first-order valence-electron chi connectivity index (χ1n) is 13.5. The number of para-hydroxylation sites is 1. The summed E-state index contributed by atoms with van der Waals surface area (Å²) in [5.41, 5.74) is 7.91. The Labute approximate surface area is 218 Å². The van der Waals surface area contributed by atoms with Gasteiger partial charge in [0.25, 0.3) is 0 Å². The summed E-state index contributed by atoms with van der Waals surface area (Å²) >= 11 is 0. The van der Waals surface area contributed by atoms with Crippen LogP contribution >= 0.6 is 0 Å². The van der Waals surface area contributed by atoms with Crippen molar-refractivity contribution in [2.45, 2.75) is 38.3 Å². The second-order valence-electron chi connectivity index (χ2n) is 10.3. The molecule has 3 unspecified atom stereocenters. The molecule has 0 amide bonds. The Hall–Kier alpha value is -3.98. The SMILES string of the molecule is CCn1c2ccccc2c2cc(C3Nc4ccc(OCCc5ccccc5)cc4C4C=CCC43)ccc21. The molecule has 1 aliphatic carbocycles. The summed E-state index contributed by atoms with van der Waals surface area (Å²) in [5, 5.41) is 6.62. The third kappa shape index (κ3) is 3.81. The van der Waals surface area contributed by atoms with E-state index in [-0.39, 0.29) is 6.04 Å². The zero-order valence-electron chi connectivity index (χ0n) is 21.2. The van der Waals surface area contributed by atoms with E-state index in [0.29, 0.717) is 18.4 Å². The smallest absolute Gasteiger partial charge is 0.119 e. The molecule has 1 N–H and O–H groups in total. The molecule has 0 fully saturated rings. The maximum absolute atomic E-state index is 6.18. The van der Waals surface area contributed by atoms with Crippen LogP contribution in [0, 0.1) is 5.92 Å². The van der Waals surface area contributed by atoms with Crippen LogP contribution in [0.2, 0.25) is 0 Å². The molecule has 0 saturated heterocycles. The topological polar surface area (TPSA) is 26.2 Å². The van der Waals surface area contributed by atoms with Crippen molar-refractivity contribution in [3.63, 3.8) is 0 Å². The first-order valence-corrected chi connectivity index (χ1v) is 13.5. The lowest BCUT2D eigenvalue weighted by atomic mass is 9.77. The Morgan fingerprint density at radius 2 is 1.70 bits per heavy atom. The van der Waals surface area contributed by atoms with E-state index in [0.717, 1.165) is 25.1 Å². The molecule has 7 rings (SSSR count). The van der Waals surface area contributed by atoms with Gasteiger partial charge in [0.05, 0.1) is 12.6 Å². The van der Waals surface area contributed by atoms with E-state index >= 15 is 0 Å². The average molecular weight is 485 g/mol. The summed E-state index contributed by atoms with van der Waals surface area (Å²) < 4.78 is 8.61. The second-order valence-corrected chi connectivity index (χ2v) is 10.3. The summed E-state index contributed by atoms with van der Waals surface area (Å²) in [7, 11) is 0. The molecule has 184 valence electrons. The molecule has 0 radical (unpaired) electrons.